The SMILES string of the molecule is O=c1c2c3c(sc2ncn1C[C@@H](O)COc1ccccc1)CCC3. The van der Waals surface area contributed by atoms with Crippen molar-refractivity contribution in [3.63, 3.8) is 0 Å². The van der Waals surface area contributed by atoms with Gasteiger partial charge in [0.1, 0.15) is 23.3 Å². The Kier molecular flexibility index (Phi) is 4.08. The second kappa shape index (κ2) is 6.37. The van der Waals surface area contributed by atoms with E-state index in [-0.39, 0.29) is 18.7 Å². The maximum Gasteiger partial charge on any atom is 0.262 e. The summed E-state index contributed by atoms with van der Waals surface area (Å²) in [4.78, 5) is 19.3. The van der Waals surface area contributed by atoms with Gasteiger partial charge in [0.05, 0.1) is 18.3 Å². The molecular weight excluding hydrogens is 324 g/mol. The fourth-order valence-electron chi connectivity index (χ4n) is 3.14. The van der Waals surface area contributed by atoms with E-state index in [4.69, 9.17) is 4.74 Å². The van der Waals surface area contributed by atoms with Crippen LogP contribution in [0, 0.1) is 0 Å². The van der Waals surface area contributed by atoms with Gasteiger partial charge in [-0.1, -0.05) is 18.2 Å². The first-order valence-electron chi connectivity index (χ1n) is 8.08. The Balaban J connectivity index is 1.52. The molecule has 0 bridgehead atoms. The lowest BCUT2D eigenvalue weighted by molar-refractivity contribution is 0.0915. The summed E-state index contributed by atoms with van der Waals surface area (Å²) < 4.78 is 7.04. The molecule has 0 saturated carbocycles. The fraction of sp³-hybridized carbons (Fsp3) is 0.333. The molecule has 0 spiro atoms. The first-order chi connectivity index (χ1) is 11.7. The van der Waals surface area contributed by atoms with Crippen LogP contribution in [0.5, 0.6) is 5.75 Å². The van der Waals surface area contributed by atoms with E-state index in [0.717, 1.165) is 35.0 Å². The molecule has 5 nitrogen and oxygen atoms in total. The number of aryl methyl sites for hydroxylation is 2. The largest absolute Gasteiger partial charge is 0.491 e. The number of rotatable bonds is 5. The molecule has 4 rings (SSSR count). The van der Waals surface area contributed by atoms with Crippen LogP contribution < -0.4 is 10.3 Å². The topological polar surface area (TPSA) is 64.4 Å². The summed E-state index contributed by atoms with van der Waals surface area (Å²) >= 11 is 1.62. The summed E-state index contributed by atoms with van der Waals surface area (Å²) in [7, 11) is 0. The Labute approximate surface area is 143 Å². The van der Waals surface area contributed by atoms with Crippen molar-refractivity contribution in [3.05, 3.63) is 57.5 Å². The number of aliphatic hydroxyl groups is 1. The third kappa shape index (κ3) is 2.83. The van der Waals surface area contributed by atoms with Crippen molar-refractivity contribution in [1.82, 2.24) is 9.55 Å². The molecule has 0 fully saturated rings. The molecule has 0 radical (unpaired) electrons. The molecule has 24 heavy (non-hydrogen) atoms. The van der Waals surface area contributed by atoms with Crippen LogP contribution in [0.4, 0.5) is 0 Å². The Morgan fingerprint density at radius 1 is 1.29 bits per heavy atom. The third-order valence-corrected chi connectivity index (χ3v) is 5.48. The molecule has 2 aromatic heterocycles. The highest BCUT2D eigenvalue weighted by atomic mass is 32.1. The molecule has 1 atom stereocenters. The maximum atomic E-state index is 12.7. The maximum absolute atomic E-state index is 12.7. The van der Waals surface area contributed by atoms with Crippen LogP contribution in [0.3, 0.4) is 0 Å². The summed E-state index contributed by atoms with van der Waals surface area (Å²) in [6, 6.07) is 9.33. The van der Waals surface area contributed by atoms with Crippen molar-refractivity contribution < 1.29 is 9.84 Å². The Morgan fingerprint density at radius 2 is 2.12 bits per heavy atom. The van der Waals surface area contributed by atoms with E-state index in [0.29, 0.717) is 5.75 Å². The van der Waals surface area contributed by atoms with Crippen molar-refractivity contribution in [1.29, 1.82) is 0 Å². The molecule has 124 valence electrons. The zero-order valence-electron chi connectivity index (χ0n) is 13.1. The Hall–Kier alpha value is -2.18. The van der Waals surface area contributed by atoms with Gasteiger partial charge in [0, 0.05) is 4.88 Å². The van der Waals surface area contributed by atoms with Gasteiger partial charge in [0.25, 0.3) is 5.56 Å². The zero-order valence-corrected chi connectivity index (χ0v) is 14.0. The first-order valence-corrected chi connectivity index (χ1v) is 8.89. The standard InChI is InChI=1S/C18H18N2O3S/c21-12(10-23-13-5-2-1-3-6-13)9-20-11-19-17-16(18(20)22)14-7-4-8-15(14)24-17/h1-3,5-6,11-12,21H,4,7-10H2/t12-/m1/s1. The Bertz CT molecular complexity index is 917. The van der Waals surface area contributed by atoms with Gasteiger partial charge in [-0.3, -0.25) is 9.36 Å². The predicted octanol–water partition coefficient (Wildman–Crippen LogP) is 2.39. The molecule has 1 aromatic carbocycles. The van der Waals surface area contributed by atoms with Crippen LogP contribution in [0.25, 0.3) is 10.2 Å². The van der Waals surface area contributed by atoms with Crippen molar-refractivity contribution >= 4 is 21.6 Å². The average Bonchev–Trinajstić information content (AvgIpc) is 3.17. The highest BCUT2D eigenvalue weighted by molar-refractivity contribution is 7.18. The van der Waals surface area contributed by atoms with E-state index in [1.807, 2.05) is 30.3 Å². The molecule has 1 N–H and O–H groups in total. The second-order valence-electron chi connectivity index (χ2n) is 6.02. The minimum atomic E-state index is -0.770. The van der Waals surface area contributed by atoms with Gasteiger partial charge in [-0.05, 0) is 37.0 Å². The number of hydrogen-bond donors (Lipinski definition) is 1. The minimum absolute atomic E-state index is 0.0573. The first kappa shape index (κ1) is 15.4. The number of nitrogens with zero attached hydrogens (tertiary/aromatic N) is 2. The summed E-state index contributed by atoms with van der Waals surface area (Å²) in [6.45, 7) is 0.315. The monoisotopic (exact) mass is 342 g/mol. The molecule has 0 amide bonds. The summed E-state index contributed by atoms with van der Waals surface area (Å²) in [5.41, 5.74) is 1.11. The molecule has 0 aliphatic heterocycles. The lowest BCUT2D eigenvalue weighted by Crippen LogP contribution is -2.30. The van der Waals surface area contributed by atoms with Gasteiger partial charge in [0.2, 0.25) is 0 Å². The molecular formula is C18H18N2O3S. The number of benzene rings is 1. The van der Waals surface area contributed by atoms with Gasteiger partial charge in [-0.15, -0.1) is 11.3 Å². The fourth-order valence-corrected chi connectivity index (χ4v) is 4.36. The number of aliphatic hydroxyl groups excluding tert-OH is 1. The molecule has 1 aliphatic carbocycles. The van der Waals surface area contributed by atoms with Crippen LogP contribution in [0.1, 0.15) is 16.9 Å². The number of hydrogen-bond acceptors (Lipinski definition) is 5. The highest BCUT2D eigenvalue weighted by Crippen LogP contribution is 2.34. The van der Waals surface area contributed by atoms with Crippen molar-refractivity contribution in [2.75, 3.05) is 6.61 Å². The quantitative estimate of drug-likeness (QED) is 0.773. The number of aromatic nitrogens is 2. The summed E-state index contributed by atoms with van der Waals surface area (Å²) in [5.74, 6) is 0.702. The van der Waals surface area contributed by atoms with Crippen LogP contribution >= 0.6 is 11.3 Å². The third-order valence-electron chi connectivity index (χ3n) is 4.28. The zero-order chi connectivity index (χ0) is 16.5. The van der Waals surface area contributed by atoms with Gasteiger partial charge in [-0.25, -0.2) is 4.98 Å². The van der Waals surface area contributed by atoms with Gasteiger partial charge < -0.3 is 9.84 Å². The van der Waals surface area contributed by atoms with Gasteiger partial charge >= 0.3 is 0 Å². The van der Waals surface area contributed by atoms with Crippen LogP contribution in [-0.2, 0) is 19.4 Å². The van der Waals surface area contributed by atoms with E-state index in [9.17, 15) is 9.90 Å². The van der Waals surface area contributed by atoms with Crippen LogP contribution in [0.15, 0.2) is 41.5 Å². The normalized spacial score (nSPS) is 14.7. The number of thiophene rings is 1. The van der Waals surface area contributed by atoms with Crippen molar-refractivity contribution in [2.24, 2.45) is 0 Å². The predicted molar refractivity (Wildman–Crippen MR) is 93.8 cm³/mol. The van der Waals surface area contributed by atoms with Gasteiger partial charge in [-0.2, -0.15) is 0 Å². The van der Waals surface area contributed by atoms with E-state index in [1.54, 1.807) is 11.3 Å². The number of para-hydroxylation sites is 1. The molecule has 2 heterocycles. The highest BCUT2D eigenvalue weighted by Gasteiger charge is 2.21. The lowest BCUT2D eigenvalue weighted by atomic mass is 10.2. The second-order valence-corrected chi connectivity index (χ2v) is 7.10. The molecule has 3 aromatic rings. The van der Waals surface area contributed by atoms with E-state index in [2.05, 4.69) is 4.98 Å². The van der Waals surface area contributed by atoms with E-state index in [1.165, 1.54) is 15.8 Å². The van der Waals surface area contributed by atoms with Crippen molar-refractivity contribution in [3.8, 4) is 5.75 Å². The number of fused-ring (bicyclic) bond motifs is 3. The molecule has 0 unspecified atom stereocenters. The summed E-state index contributed by atoms with van der Waals surface area (Å²) in [6.07, 6.45) is 3.87. The molecule has 1 aliphatic rings. The summed E-state index contributed by atoms with van der Waals surface area (Å²) in [5, 5.41) is 10.9. The van der Waals surface area contributed by atoms with Crippen LogP contribution in [0.2, 0.25) is 0 Å². The Morgan fingerprint density at radius 3 is 2.96 bits per heavy atom. The number of ether oxygens (including phenoxy) is 1. The van der Waals surface area contributed by atoms with Crippen molar-refractivity contribution in [2.45, 2.75) is 31.9 Å². The van der Waals surface area contributed by atoms with E-state index < -0.39 is 6.10 Å². The van der Waals surface area contributed by atoms with E-state index >= 15 is 0 Å². The minimum Gasteiger partial charge on any atom is -0.491 e. The average molecular weight is 342 g/mol. The van der Waals surface area contributed by atoms with Crippen LogP contribution in [-0.4, -0.2) is 27.4 Å². The van der Waals surface area contributed by atoms with Gasteiger partial charge in [0.15, 0.2) is 0 Å². The lowest BCUT2D eigenvalue weighted by Gasteiger charge is -2.13. The molecule has 6 heteroatoms. The molecule has 0 saturated heterocycles. The smallest absolute Gasteiger partial charge is 0.262 e.